The Labute approximate surface area is 122 Å². The molecule has 1 heterocycles. The van der Waals surface area contributed by atoms with E-state index in [0.29, 0.717) is 10.7 Å². The summed E-state index contributed by atoms with van der Waals surface area (Å²) in [6, 6.07) is 5.35. The van der Waals surface area contributed by atoms with Gasteiger partial charge in [0.1, 0.15) is 11.9 Å². The van der Waals surface area contributed by atoms with E-state index in [1.165, 1.54) is 12.5 Å². The van der Waals surface area contributed by atoms with Crippen molar-refractivity contribution in [2.75, 3.05) is 5.32 Å². The zero-order chi connectivity index (χ0) is 13.8. The summed E-state index contributed by atoms with van der Waals surface area (Å²) in [6.45, 7) is 0.290. The fraction of sp³-hybridized carbons (Fsp3) is 0.0833. The van der Waals surface area contributed by atoms with Gasteiger partial charge in [-0.1, -0.05) is 11.6 Å². The molecule has 0 spiro atoms. The third-order valence-corrected chi connectivity index (χ3v) is 3.62. The molecule has 1 aromatic carbocycles. The van der Waals surface area contributed by atoms with Crippen LogP contribution in [0.5, 0.6) is 0 Å². The minimum Gasteiger partial charge on any atom is -0.478 e. The lowest BCUT2D eigenvalue weighted by Gasteiger charge is -2.08. The predicted octanol–water partition coefficient (Wildman–Crippen LogP) is 3.20. The Balaban J connectivity index is 2.14. The van der Waals surface area contributed by atoms with Crippen LogP contribution in [-0.2, 0) is 6.54 Å². The maximum Gasteiger partial charge on any atom is 0.339 e. The van der Waals surface area contributed by atoms with Crippen LogP contribution < -0.4 is 5.32 Å². The van der Waals surface area contributed by atoms with Crippen LogP contribution in [0.3, 0.4) is 0 Å². The lowest BCUT2D eigenvalue weighted by Crippen LogP contribution is -2.10. The average Bonchev–Trinajstić information content (AvgIpc) is 2.40. The van der Waals surface area contributed by atoms with Crippen molar-refractivity contribution in [1.29, 1.82) is 0 Å². The van der Waals surface area contributed by atoms with Gasteiger partial charge in [-0.2, -0.15) is 0 Å². The van der Waals surface area contributed by atoms with E-state index in [-0.39, 0.29) is 12.1 Å². The number of rotatable bonds is 4. The summed E-state index contributed by atoms with van der Waals surface area (Å²) in [5.74, 6) is -1.05. The molecule has 0 saturated heterocycles. The molecule has 0 amide bonds. The van der Waals surface area contributed by atoms with Gasteiger partial charge in [-0.05, 0) is 34.1 Å². The molecule has 0 atom stereocenters. The number of halogens is 2. The minimum absolute atomic E-state index is 0.0861. The third-order valence-electron chi connectivity index (χ3n) is 2.40. The van der Waals surface area contributed by atoms with Gasteiger partial charge in [0.15, 0.2) is 0 Å². The molecule has 0 aliphatic carbocycles. The molecule has 0 saturated carbocycles. The van der Waals surface area contributed by atoms with Gasteiger partial charge in [0.2, 0.25) is 0 Å². The fourth-order valence-corrected chi connectivity index (χ4v) is 1.96. The van der Waals surface area contributed by atoms with E-state index in [9.17, 15) is 4.79 Å². The first-order valence-corrected chi connectivity index (χ1v) is 6.46. The molecule has 2 rings (SSSR count). The Bertz CT molecular complexity index is 622. The zero-order valence-corrected chi connectivity index (χ0v) is 11.9. The molecule has 0 aliphatic rings. The summed E-state index contributed by atoms with van der Waals surface area (Å²) in [6.07, 6.45) is 2.60. The van der Waals surface area contributed by atoms with Crippen molar-refractivity contribution in [2.45, 2.75) is 6.54 Å². The number of carboxylic acids is 1. The van der Waals surface area contributed by atoms with E-state index >= 15 is 0 Å². The monoisotopic (exact) mass is 341 g/mol. The number of benzene rings is 1. The van der Waals surface area contributed by atoms with Gasteiger partial charge >= 0.3 is 5.97 Å². The van der Waals surface area contributed by atoms with Gasteiger partial charge in [0.25, 0.3) is 0 Å². The summed E-state index contributed by atoms with van der Waals surface area (Å²) in [5, 5.41) is 12.7. The zero-order valence-electron chi connectivity index (χ0n) is 9.60. The number of nitrogens with zero attached hydrogens (tertiary/aromatic N) is 2. The van der Waals surface area contributed by atoms with E-state index in [1.54, 1.807) is 12.1 Å². The van der Waals surface area contributed by atoms with Crippen molar-refractivity contribution < 1.29 is 9.90 Å². The molecule has 0 fully saturated rings. The van der Waals surface area contributed by atoms with Crippen molar-refractivity contribution in [3.63, 3.8) is 0 Å². The SMILES string of the molecule is O=C(O)c1cncnc1CNc1ccc(Cl)c(Br)c1. The van der Waals surface area contributed by atoms with Crippen molar-refractivity contribution in [3.05, 3.63) is 51.5 Å². The first-order valence-electron chi connectivity index (χ1n) is 5.29. The number of hydrogen-bond donors (Lipinski definition) is 2. The molecule has 2 aromatic rings. The first-order chi connectivity index (χ1) is 9.08. The van der Waals surface area contributed by atoms with Crippen molar-refractivity contribution >= 4 is 39.2 Å². The molecule has 7 heteroatoms. The summed E-state index contributed by atoms with van der Waals surface area (Å²) in [5.41, 5.74) is 1.32. The van der Waals surface area contributed by atoms with Crippen LogP contribution >= 0.6 is 27.5 Å². The predicted molar refractivity (Wildman–Crippen MR) is 75.5 cm³/mol. The molecule has 0 aliphatic heterocycles. The normalized spacial score (nSPS) is 10.2. The van der Waals surface area contributed by atoms with Crippen LogP contribution in [-0.4, -0.2) is 21.0 Å². The second kappa shape index (κ2) is 5.99. The average molecular weight is 343 g/mol. The van der Waals surface area contributed by atoms with Crippen molar-refractivity contribution in [3.8, 4) is 0 Å². The number of nitrogens with one attached hydrogen (secondary N) is 1. The molecule has 0 unspecified atom stereocenters. The summed E-state index contributed by atoms with van der Waals surface area (Å²) in [7, 11) is 0. The molecule has 0 radical (unpaired) electrons. The van der Waals surface area contributed by atoms with Crippen LogP contribution in [0.15, 0.2) is 35.2 Å². The molecular formula is C12H9BrClN3O2. The first kappa shape index (κ1) is 13.8. The van der Waals surface area contributed by atoms with Crippen LogP contribution in [0.2, 0.25) is 5.02 Å². The number of carboxylic acid groups (broad SMARTS) is 1. The number of aromatic nitrogens is 2. The molecule has 1 aromatic heterocycles. The molecule has 19 heavy (non-hydrogen) atoms. The maximum absolute atomic E-state index is 11.0. The van der Waals surface area contributed by atoms with E-state index in [2.05, 4.69) is 31.2 Å². The molecule has 2 N–H and O–H groups in total. The minimum atomic E-state index is -1.05. The van der Waals surface area contributed by atoms with Crippen LogP contribution in [0.4, 0.5) is 5.69 Å². The summed E-state index contributed by atoms with van der Waals surface area (Å²) >= 11 is 9.21. The van der Waals surface area contributed by atoms with Gasteiger partial charge in [0.05, 0.1) is 17.3 Å². The number of hydrogen-bond acceptors (Lipinski definition) is 4. The quantitative estimate of drug-likeness (QED) is 0.892. The van der Waals surface area contributed by atoms with E-state index in [1.807, 2.05) is 6.07 Å². The second-order valence-electron chi connectivity index (χ2n) is 3.67. The molecule has 0 bridgehead atoms. The van der Waals surface area contributed by atoms with Gasteiger partial charge < -0.3 is 10.4 Å². The number of anilines is 1. The highest BCUT2D eigenvalue weighted by Gasteiger charge is 2.11. The summed E-state index contributed by atoms with van der Waals surface area (Å²) in [4.78, 5) is 18.7. The molecular weight excluding hydrogens is 334 g/mol. The topological polar surface area (TPSA) is 75.1 Å². The largest absolute Gasteiger partial charge is 0.478 e. The molecule has 5 nitrogen and oxygen atoms in total. The Morgan fingerprint density at radius 3 is 2.95 bits per heavy atom. The van der Waals surface area contributed by atoms with E-state index < -0.39 is 5.97 Å². The Morgan fingerprint density at radius 1 is 1.47 bits per heavy atom. The van der Waals surface area contributed by atoms with E-state index in [0.717, 1.165) is 10.2 Å². The van der Waals surface area contributed by atoms with Gasteiger partial charge in [0, 0.05) is 16.4 Å². The summed E-state index contributed by atoms with van der Waals surface area (Å²) < 4.78 is 0.764. The standard InChI is InChI=1S/C12H9BrClN3O2/c13-9-3-7(1-2-10(9)14)16-5-11-8(12(18)19)4-15-6-17-11/h1-4,6,16H,5H2,(H,18,19). The second-order valence-corrected chi connectivity index (χ2v) is 4.93. The highest BCUT2D eigenvalue weighted by atomic mass is 79.9. The number of aromatic carboxylic acids is 1. The molecule has 98 valence electrons. The Kier molecular flexibility index (Phi) is 4.34. The van der Waals surface area contributed by atoms with E-state index in [4.69, 9.17) is 16.7 Å². The fourth-order valence-electron chi connectivity index (χ4n) is 1.47. The van der Waals surface area contributed by atoms with Crippen LogP contribution in [0.1, 0.15) is 16.1 Å². The maximum atomic E-state index is 11.0. The van der Waals surface area contributed by atoms with Crippen LogP contribution in [0, 0.1) is 0 Å². The van der Waals surface area contributed by atoms with Crippen molar-refractivity contribution in [1.82, 2.24) is 9.97 Å². The van der Waals surface area contributed by atoms with Gasteiger partial charge in [-0.25, -0.2) is 14.8 Å². The van der Waals surface area contributed by atoms with Gasteiger partial charge in [-0.15, -0.1) is 0 Å². The lowest BCUT2D eigenvalue weighted by atomic mass is 10.2. The Morgan fingerprint density at radius 2 is 2.26 bits per heavy atom. The van der Waals surface area contributed by atoms with Crippen molar-refractivity contribution in [2.24, 2.45) is 0 Å². The smallest absolute Gasteiger partial charge is 0.339 e. The van der Waals surface area contributed by atoms with Gasteiger partial charge in [-0.3, -0.25) is 0 Å². The third kappa shape index (κ3) is 3.42. The van der Waals surface area contributed by atoms with Crippen LogP contribution in [0.25, 0.3) is 0 Å². The highest BCUT2D eigenvalue weighted by molar-refractivity contribution is 9.10. The Hall–Kier alpha value is -1.66. The lowest BCUT2D eigenvalue weighted by molar-refractivity contribution is 0.0694. The number of carbonyl (C=O) groups is 1. The highest BCUT2D eigenvalue weighted by Crippen LogP contribution is 2.25.